The first-order valence-electron chi connectivity index (χ1n) is 10.00. The third kappa shape index (κ3) is 4.11. The minimum absolute atomic E-state index is 0.331. The first kappa shape index (κ1) is 21.9. The minimum atomic E-state index is -0.333. The fourth-order valence-electron chi connectivity index (χ4n) is 3.55. The molecule has 0 aliphatic carbocycles. The van der Waals surface area contributed by atoms with Crippen LogP contribution in [0, 0.1) is 6.92 Å². The van der Waals surface area contributed by atoms with Crippen molar-refractivity contribution in [3.8, 4) is 0 Å². The van der Waals surface area contributed by atoms with E-state index in [0.29, 0.717) is 31.2 Å². The van der Waals surface area contributed by atoms with E-state index < -0.39 is 0 Å². The number of fused-ring (bicyclic) bond motifs is 2. The summed E-state index contributed by atoms with van der Waals surface area (Å²) in [5.74, 6) is -0.664. The van der Waals surface area contributed by atoms with Crippen molar-refractivity contribution in [1.82, 2.24) is 0 Å². The zero-order valence-electron chi connectivity index (χ0n) is 17.2. The molecule has 164 valence electrons. The van der Waals surface area contributed by atoms with Gasteiger partial charge >= 0.3 is 0 Å². The summed E-state index contributed by atoms with van der Waals surface area (Å²) in [6.45, 7) is 1.91. The van der Waals surface area contributed by atoms with E-state index in [2.05, 4.69) is 10.6 Å². The number of anilines is 2. The molecule has 0 radical (unpaired) electrons. The predicted molar refractivity (Wildman–Crippen MR) is 141 cm³/mol. The number of halogens is 2. The first-order chi connectivity index (χ1) is 15.9. The van der Waals surface area contributed by atoms with Gasteiger partial charge in [0.2, 0.25) is 0 Å². The average molecular weight is 511 g/mol. The van der Waals surface area contributed by atoms with Crippen molar-refractivity contribution in [3.05, 3.63) is 92.1 Å². The topological polar surface area (TPSA) is 58.2 Å². The smallest absolute Gasteiger partial charge is 0.267 e. The highest BCUT2D eigenvalue weighted by Crippen LogP contribution is 2.38. The summed E-state index contributed by atoms with van der Waals surface area (Å²) in [4.78, 5) is 27.0. The molecule has 0 fully saturated rings. The van der Waals surface area contributed by atoms with Gasteiger partial charge in [0, 0.05) is 20.2 Å². The number of carbonyl (C=O) groups excluding carboxylic acids is 2. The second kappa shape index (κ2) is 8.80. The highest BCUT2D eigenvalue weighted by atomic mass is 35.5. The van der Waals surface area contributed by atoms with E-state index in [1.54, 1.807) is 12.1 Å². The summed E-state index contributed by atoms with van der Waals surface area (Å²) in [6.07, 6.45) is 0. The SMILES string of the molecule is Cc1ccc(NC(=O)c2sc3ccccc3c2Cl)c(NC(=O)c2sc3ccccc3c2Cl)c1. The summed E-state index contributed by atoms with van der Waals surface area (Å²) >= 11 is 15.6. The Labute approximate surface area is 207 Å². The molecule has 0 saturated carbocycles. The van der Waals surface area contributed by atoms with E-state index in [-0.39, 0.29) is 11.8 Å². The molecule has 5 rings (SSSR count). The molecule has 8 heteroatoms. The van der Waals surface area contributed by atoms with Crippen LogP contribution in [0.4, 0.5) is 11.4 Å². The molecule has 0 atom stereocenters. The maximum Gasteiger partial charge on any atom is 0.267 e. The van der Waals surface area contributed by atoms with Crippen molar-refractivity contribution in [3.63, 3.8) is 0 Å². The summed E-state index contributed by atoms with van der Waals surface area (Å²) in [5, 5.41) is 8.32. The van der Waals surface area contributed by atoms with Crippen molar-refractivity contribution in [2.75, 3.05) is 10.6 Å². The van der Waals surface area contributed by atoms with Gasteiger partial charge in [-0.25, -0.2) is 0 Å². The van der Waals surface area contributed by atoms with E-state index >= 15 is 0 Å². The van der Waals surface area contributed by atoms with Crippen LogP contribution < -0.4 is 10.6 Å². The number of nitrogens with one attached hydrogen (secondary N) is 2. The van der Waals surface area contributed by atoms with Gasteiger partial charge < -0.3 is 10.6 Å². The van der Waals surface area contributed by atoms with Gasteiger partial charge in [-0.05, 0) is 36.8 Å². The largest absolute Gasteiger partial charge is 0.319 e. The van der Waals surface area contributed by atoms with Crippen molar-refractivity contribution < 1.29 is 9.59 Å². The van der Waals surface area contributed by atoms with Crippen LogP contribution >= 0.6 is 45.9 Å². The molecule has 2 amide bonds. The molecule has 33 heavy (non-hydrogen) atoms. The number of benzene rings is 3. The average Bonchev–Trinajstić information content (AvgIpc) is 3.33. The molecular weight excluding hydrogens is 495 g/mol. The molecule has 0 spiro atoms. The molecule has 2 N–H and O–H groups in total. The third-order valence-corrected chi connectivity index (χ3v) is 8.50. The maximum atomic E-state index is 13.1. The molecule has 0 aliphatic heterocycles. The van der Waals surface area contributed by atoms with E-state index in [0.717, 1.165) is 25.7 Å². The normalized spacial score (nSPS) is 11.1. The van der Waals surface area contributed by atoms with Crippen LogP contribution in [-0.2, 0) is 0 Å². The molecule has 5 aromatic rings. The highest BCUT2D eigenvalue weighted by Gasteiger charge is 2.21. The molecular formula is C25H16Cl2N2O2S2. The van der Waals surface area contributed by atoms with E-state index in [1.165, 1.54) is 22.7 Å². The number of hydrogen-bond acceptors (Lipinski definition) is 4. The molecule has 3 aromatic carbocycles. The van der Waals surface area contributed by atoms with Crippen molar-refractivity contribution in [2.45, 2.75) is 6.92 Å². The van der Waals surface area contributed by atoms with Gasteiger partial charge in [-0.2, -0.15) is 0 Å². The number of rotatable bonds is 4. The zero-order chi connectivity index (χ0) is 23.1. The standard InChI is InChI=1S/C25H16Cl2N2O2S2/c1-13-10-11-16(28-24(30)22-20(26)14-6-2-4-8-18(14)32-22)17(12-13)29-25(31)23-21(27)15-7-3-5-9-19(15)33-23/h2-12H,1H3,(H,28,30)(H,29,31). The lowest BCUT2D eigenvalue weighted by molar-refractivity contribution is 0.102. The summed E-state index contributed by atoms with van der Waals surface area (Å²) in [5.41, 5.74) is 1.90. The Morgan fingerprint density at radius 3 is 1.70 bits per heavy atom. The van der Waals surface area contributed by atoms with E-state index in [4.69, 9.17) is 23.2 Å². The monoisotopic (exact) mass is 510 g/mol. The quantitative estimate of drug-likeness (QED) is 0.255. The Morgan fingerprint density at radius 1 is 0.697 bits per heavy atom. The second-order valence-corrected chi connectivity index (χ2v) is 10.3. The van der Waals surface area contributed by atoms with Gasteiger partial charge in [0.1, 0.15) is 9.75 Å². The Balaban J connectivity index is 1.45. The lowest BCUT2D eigenvalue weighted by atomic mass is 10.1. The zero-order valence-corrected chi connectivity index (χ0v) is 20.4. The van der Waals surface area contributed by atoms with Gasteiger partial charge in [-0.3, -0.25) is 9.59 Å². The molecule has 2 heterocycles. The molecule has 0 saturated heterocycles. The van der Waals surface area contributed by atoms with Gasteiger partial charge in [-0.1, -0.05) is 65.7 Å². The lowest BCUT2D eigenvalue weighted by Gasteiger charge is -2.13. The molecule has 0 aliphatic rings. The highest BCUT2D eigenvalue weighted by molar-refractivity contribution is 7.22. The number of carbonyl (C=O) groups is 2. The van der Waals surface area contributed by atoms with Crippen LogP contribution in [0.3, 0.4) is 0 Å². The number of amides is 2. The molecule has 0 unspecified atom stereocenters. The number of hydrogen-bond donors (Lipinski definition) is 2. The van der Waals surface area contributed by atoms with Crippen LogP contribution in [0.25, 0.3) is 20.2 Å². The summed E-state index contributed by atoms with van der Waals surface area (Å²) < 4.78 is 1.87. The second-order valence-electron chi connectivity index (χ2n) is 7.44. The number of aryl methyl sites for hydroxylation is 1. The Bertz CT molecular complexity index is 1560. The van der Waals surface area contributed by atoms with Gasteiger partial charge in [0.15, 0.2) is 0 Å². The fourth-order valence-corrected chi connectivity index (χ4v) is 6.37. The van der Waals surface area contributed by atoms with Crippen LogP contribution in [0.1, 0.15) is 24.9 Å². The van der Waals surface area contributed by atoms with E-state index in [1.807, 2.05) is 61.5 Å². The Morgan fingerprint density at radius 2 is 1.18 bits per heavy atom. The van der Waals surface area contributed by atoms with Crippen LogP contribution in [0.15, 0.2) is 66.7 Å². The van der Waals surface area contributed by atoms with Gasteiger partial charge in [0.25, 0.3) is 11.8 Å². The maximum absolute atomic E-state index is 13.1. The third-order valence-electron chi connectivity index (χ3n) is 5.15. The van der Waals surface area contributed by atoms with Crippen LogP contribution in [-0.4, -0.2) is 11.8 Å². The van der Waals surface area contributed by atoms with Crippen molar-refractivity contribution in [2.24, 2.45) is 0 Å². The fraction of sp³-hybridized carbons (Fsp3) is 0.0400. The van der Waals surface area contributed by atoms with Crippen LogP contribution in [0.5, 0.6) is 0 Å². The van der Waals surface area contributed by atoms with Gasteiger partial charge in [-0.15, -0.1) is 22.7 Å². The van der Waals surface area contributed by atoms with Crippen molar-refractivity contribution in [1.29, 1.82) is 0 Å². The Kier molecular flexibility index (Phi) is 5.85. The van der Waals surface area contributed by atoms with E-state index in [9.17, 15) is 9.59 Å². The summed E-state index contributed by atoms with van der Waals surface area (Å²) in [6, 6.07) is 20.6. The van der Waals surface area contributed by atoms with Crippen LogP contribution in [0.2, 0.25) is 10.0 Å². The minimum Gasteiger partial charge on any atom is -0.319 e. The molecule has 4 nitrogen and oxygen atoms in total. The number of thiophene rings is 2. The predicted octanol–water partition coefficient (Wildman–Crippen LogP) is 8.24. The first-order valence-corrected chi connectivity index (χ1v) is 12.4. The van der Waals surface area contributed by atoms with Crippen molar-refractivity contribution >= 4 is 89.2 Å². The lowest BCUT2D eigenvalue weighted by Crippen LogP contribution is -2.16. The Hall–Kier alpha value is -2.90. The summed E-state index contributed by atoms with van der Waals surface area (Å²) in [7, 11) is 0. The molecule has 2 aromatic heterocycles. The van der Waals surface area contributed by atoms with Gasteiger partial charge in [0.05, 0.1) is 21.4 Å². The molecule has 0 bridgehead atoms.